The second-order valence-electron chi connectivity index (χ2n) is 8.07. The third-order valence-electron chi connectivity index (χ3n) is 5.54. The first-order valence-corrected chi connectivity index (χ1v) is 11.9. The molecular formula is C21H29N5O4S. The van der Waals surface area contributed by atoms with E-state index in [2.05, 4.69) is 10.3 Å². The molecule has 1 N–H and O–H groups in total. The van der Waals surface area contributed by atoms with Crippen molar-refractivity contribution in [2.24, 2.45) is 0 Å². The number of hydrogen-bond donors (Lipinski definition) is 1. The molecule has 0 unspecified atom stereocenters. The van der Waals surface area contributed by atoms with Crippen LogP contribution in [0.1, 0.15) is 30.3 Å². The number of aromatic nitrogens is 2. The highest BCUT2D eigenvalue weighted by Crippen LogP contribution is 2.33. The van der Waals surface area contributed by atoms with Gasteiger partial charge in [0.15, 0.2) is 11.5 Å². The summed E-state index contributed by atoms with van der Waals surface area (Å²) in [6.07, 6.45) is 2.15. The Kier molecular flexibility index (Phi) is 6.31. The van der Waals surface area contributed by atoms with Crippen LogP contribution in [0, 0.1) is 0 Å². The number of sulfonamides is 1. The predicted octanol–water partition coefficient (Wildman–Crippen LogP) is 1.60. The van der Waals surface area contributed by atoms with Crippen LogP contribution in [-0.4, -0.2) is 70.1 Å². The first kappa shape index (κ1) is 21.8. The first-order valence-electron chi connectivity index (χ1n) is 10.5. The largest absolute Gasteiger partial charge is 0.486 e. The van der Waals surface area contributed by atoms with Crippen molar-refractivity contribution in [2.45, 2.75) is 30.2 Å². The Hall–Kier alpha value is -2.43. The Labute approximate surface area is 183 Å². The summed E-state index contributed by atoms with van der Waals surface area (Å²) in [6.45, 7) is 2.82. The number of fused-ring (bicyclic) bond motifs is 1. The molecule has 0 radical (unpaired) electrons. The van der Waals surface area contributed by atoms with E-state index in [1.807, 2.05) is 25.1 Å². The molecule has 0 aliphatic carbocycles. The summed E-state index contributed by atoms with van der Waals surface area (Å²) < 4.78 is 38.7. The van der Waals surface area contributed by atoms with Crippen molar-refractivity contribution in [2.75, 3.05) is 52.3 Å². The van der Waals surface area contributed by atoms with E-state index in [0.717, 1.165) is 37.4 Å². The van der Waals surface area contributed by atoms with E-state index in [1.54, 1.807) is 13.1 Å². The van der Waals surface area contributed by atoms with E-state index in [9.17, 15) is 8.42 Å². The normalized spacial score (nSPS) is 18.8. The van der Waals surface area contributed by atoms with E-state index < -0.39 is 10.0 Å². The maximum absolute atomic E-state index is 13.2. The van der Waals surface area contributed by atoms with Crippen molar-refractivity contribution in [1.29, 1.82) is 0 Å². The summed E-state index contributed by atoms with van der Waals surface area (Å²) in [5, 5.41) is 3.41. The molecule has 0 bridgehead atoms. The Morgan fingerprint density at radius 1 is 1.10 bits per heavy atom. The fourth-order valence-corrected chi connectivity index (χ4v) is 4.91. The summed E-state index contributed by atoms with van der Waals surface area (Å²) in [5.74, 6) is 2.55. The molecule has 31 heavy (non-hydrogen) atoms. The lowest BCUT2D eigenvalue weighted by atomic mass is 9.96. The molecule has 1 aromatic carbocycles. The van der Waals surface area contributed by atoms with Crippen LogP contribution in [-0.2, 0) is 16.6 Å². The second-order valence-corrected chi connectivity index (χ2v) is 10.1. The fourth-order valence-electron chi connectivity index (χ4n) is 3.76. The van der Waals surface area contributed by atoms with Crippen LogP contribution in [0.25, 0.3) is 0 Å². The maximum Gasteiger partial charge on any atom is 0.243 e. The average molecular weight is 448 g/mol. The molecule has 0 amide bonds. The van der Waals surface area contributed by atoms with Crippen LogP contribution in [0.4, 0.5) is 5.82 Å². The van der Waals surface area contributed by atoms with Crippen LogP contribution in [0.3, 0.4) is 0 Å². The van der Waals surface area contributed by atoms with Crippen molar-refractivity contribution >= 4 is 15.8 Å². The molecule has 0 saturated carbocycles. The third kappa shape index (κ3) is 4.76. The molecule has 1 fully saturated rings. The van der Waals surface area contributed by atoms with Gasteiger partial charge in [-0.1, -0.05) is 0 Å². The van der Waals surface area contributed by atoms with Gasteiger partial charge in [0.25, 0.3) is 0 Å². The van der Waals surface area contributed by atoms with Crippen LogP contribution >= 0.6 is 0 Å². The molecular weight excluding hydrogens is 418 g/mol. The van der Waals surface area contributed by atoms with Gasteiger partial charge in [-0.3, -0.25) is 0 Å². The number of ether oxygens (including phenoxy) is 2. The van der Waals surface area contributed by atoms with Gasteiger partial charge in [0.2, 0.25) is 10.0 Å². The number of piperidine rings is 1. The molecule has 1 aromatic heterocycles. The van der Waals surface area contributed by atoms with Gasteiger partial charge in [0, 0.05) is 45.7 Å². The summed E-state index contributed by atoms with van der Waals surface area (Å²) in [4.78, 5) is 11.4. The molecule has 9 nitrogen and oxygen atoms in total. The van der Waals surface area contributed by atoms with Crippen LogP contribution < -0.4 is 19.7 Å². The summed E-state index contributed by atoms with van der Waals surface area (Å²) in [5.41, 5.74) is 0.950. The zero-order valence-corrected chi connectivity index (χ0v) is 19.0. The molecule has 10 heteroatoms. The van der Waals surface area contributed by atoms with Gasteiger partial charge in [-0.25, -0.2) is 18.4 Å². The molecule has 2 aliphatic heterocycles. The van der Waals surface area contributed by atoms with E-state index in [0.29, 0.717) is 36.5 Å². The fraction of sp³-hybridized carbons (Fsp3) is 0.524. The zero-order chi connectivity index (χ0) is 22.0. The number of rotatable bonds is 6. The molecule has 3 heterocycles. The topological polar surface area (TPSA) is 96.9 Å². The Bertz CT molecular complexity index is 1040. The van der Waals surface area contributed by atoms with E-state index >= 15 is 0 Å². The molecule has 4 rings (SSSR count). The Morgan fingerprint density at radius 2 is 1.87 bits per heavy atom. The van der Waals surface area contributed by atoms with Crippen molar-refractivity contribution in [3.8, 4) is 11.5 Å². The molecule has 0 spiro atoms. The minimum Gasteiger partial charge on any atom is -0.486 e. The average Bonchev–Trinajstić information content (AvgIpc) is 2.79. The standard InChI is InChI=1S/C21H29N5O4S/c1-25(2)21-12-17(15-5-4-8-22-13-15)23-20(24-21)14-26(3)31(27,28)16-6-7-18-19(11-16)30-10-9-29-18/h6-7,11-12,15,22H,4-5,8-10,13-14H2,1-3H3/t15-/m0/s1. The Morgan fingerprint density at radius 3 is 2.58 bits per heavy atom. The van der Waals surface area contributed by atoms with Gasteiger partial charge in [-0.05, 0) is 31.5 Å². The van der Waals surface area contributed by atoms with Crippen LogP contribution in [0.5, 0.6) is 11.5 Å². The molecule has 1 atom stereocenters. The minimum absolute atomic E-state index is 0.0750. The van der Waals surface area contributed by atoms with Gasteiger partial charge >= 0.3 is 0 Å². The summed E-state index contributed by atoms with van der Waals surface area (Å²) >= 11 is 0. The monoisotopic (exact) mass is 447 g/mol. The zero-order valence-electron chi connectivity index (χ0n) is 18.2. The van der Waals surface area contributed by atoms with Gasteiger partial charge in [0.1, 0.15) is 24.9 Å². The highest BCUT2D eigenvalue weighted by atomic mass is 32.2. The van der Waals surface area contributed by atoms with E-state index in [-0.39, 0.29) is 11.4 Å². The van der Waals surface area contributed by atoms with Crippen molar-refractivity contribution in [1.82, 2.24) is 19.6 Å². The van der Waals surface area contributed by atoms with Crippen LogP contribution in [0.2, 0.25) is 0 Å². The summed E-state index contributed by atoms with van der Waals surface area (Å²) in [6, 6.07) is 6.68. The lowest BCUT2D eigenvalue weighted by Gasteiger charge is -2.25. The minimum atomic E-state index is -3.75. The number of anilines is 1. The molecule has 168 valence electrons. The SMILES string of the molecule is CN(C)c1cc([C@H]2CCCNC2)nc(CN(C)S(=O)(=O)c2ccc3c(c2)OCCO3)n1. The van der Waals surface area contributed by atoms with Crippen molar-refractivity contribution in [3.63, 3.8) is 0 Å². The lowest BCUT2D eigenvalue weighted by molar-refractivity contribution is 0.171. The van der Waals surface area contributed by atoms with E-state index in [1.165, 1.54) is 16.4 Å². The van der Waals surface area contributed by atoms with Gasteiger partial charge in [-0.15, -0.1) is 0 Å². The highest BCUT2D eigenvalue weighted by molar-refractivity contribution is 7.89. The molecule has 2 aliphatic rings. The van der Waals surface area contributed by atoms with Crippen molar-refractivity contribution in [3.05, 3.63) is 35.8 Å². The predicted molar refractivity (Wildman–Crippen MR) is 117 cm³/mol. The highest BCUT2D eigenvalue weighted by Gasteiger charge is 2.26. The maximum atomic E-state index is 13.2. The summed E-state index contributed by atoms with van der Waals surface area (Å²) in [7, 11) is 1.63. The van der Waals surface area contributed by atoms with Gasteiger partial charge in [0.05, 0.1) is 17.1 Å². The number of benzene rings is 1. The van der Waals surface area contributed by atoms with Crippen molar-refractivity contribution < 1.29 is 17.9 Å². The number of nitrogens with one attached hydrogen (secondary N) is 1. The smallest absolute Gasteiger partial charge is 0.243 e. The lowest BCUT2D eigenvalue weighted by Crippen LogP contribution is -2.30. The Balaban J connectivity index is 1.59. The number of nitrogens with zero attached hydrogens (tertiary/aromatic N) is 4. The van der Waals surface area contributed by atoms with E-state index in [4.69, 9.17) is 14.5 Å². The number of hydrogen-bond acceptors (Lipinski definition) is 8. The second kappa shape index (κ2) is 8.97. The first-order chi connectivity index (χ1) is 14.8. The van der Waals surface area contributed by atoms with Gasteiger partial charge in [-0.2, -0.15) is 4.31 Å². The van der Waals surface area contributed by atoms with Crippen LogP contribution in [0.15, 0.2) is 29.2 Å². The quantitative estimate of drug-likeness (QED) is 0.713. The molecule has 1 saturated heterocycles. The third-order valence-corrected chi connectivity index (χ3v) is 7.34. The molecule has 2 aromatic rings. The van der Waals surface area contributed by atoms with Gasteiger partial charge < -0.3 is 19.7 Å².